The summed E-state index contributed by atoms with van der Waals surface area (Å²) in [5.41, 5.74) is 0. The lowest BCUT2D eigenvalue weighted by Crippen LogP contribution is -2.30. The van der Waals surface area contributed by atoms with E-state index in [-0.39, 0.29) is 31.1 Å². The van der Waals surface area contributed by atoms with E-state index in [4.69, 9.17) is 14.2 Å². The zero-order valence-corrected chi connectivity index (χ0v) is 41.1. The van der Waals surface area contributed by atoms with Crippen molar-refractivity contribution in [3.63, 3.8) is 0 Å². The second-order valence-electron chi connectivity index (χ2n) is 17.8. The lowest BCUT2D eigenvalue weighted by molar-refractivity contribution is -0.167. The van der Waals surface area contributed by atoms with Crippen LogP contribution in [0.5, 0.6) is 0 Å². The maximum atomic E-state index is 12.8. The molecule has 0 aromatic rings. The fraction of sp³-hybridized carbons (Fsp3) is 0.804. The minimum absolute atomic E-state index is 0.0871. The summed E-state index contributed by atoms with van der Waals surface area (Å²) in [6.07, 6.45) is 60.9. The third-order valence-electron chi connectivity index (χ3n) is 11.5. The molecule has 6 heteroatoms. The Balaban J connectivity index is 4.41. The highest BCUT2D eigenvalue weighted by Gasteiger charge is 2.19. The van der Waals surface area contributed by atoms with Crippen LogP contribution in [0.25, 0.3) is 0 Å². The summed E-state index contributed by atoms with van der Waals surface area (Å²) < 4.78 is 16.8. The van der Waals surface area contributed by atoms with Crippen LogP contribution in [0, 0.1) is 0 Å². The lowest BCUT2D eigenvalue weighted by atomic mass is 10.1. The number of esters is 3. The highest BCUT2D eigenvalue weighted by atomic mass is 16.6. The van der Waals surface area contributed by atoms with E-state index < -0.39 is 6.10 Å². The van der Waals surface area contributed by atoms with Gasteiger partial charge in [0, 0.05) is 19.3 Å². The number of carbonyl (C=O) groups is 3. The maximum Gasteiger partial charge on any atom is 0.306 e. The number of rotatable bonds is 48. The van der Waals surface area contributed by atoms with Crippen molar-refractivity contribution >= 4 is 17.9 Å². The molecule has 0 aromatic carbocycles. The Morgan fingerprint density at radius 3 is 0.952 bits per heavy atom. The van der Waals surface area contributed by atoms with Crippen molar-refractivity contribution in [3.05, 3.63) is 48.6 Å². The molecule has 0 aliphatic heterocycles. The van der Waals surface area contributed by atoms with E-state index in [0.717, 1.165) is 96.3 Å². The Labute approximate surface area is 384 Å². The number of unbranched alkanes of at least 4 members (excludes halogenated alkanes) is 29. The molecule has 0 heterocycles. The normalized spacial score (nSPS) is 12.4. The minimum atomic E-state index is -0.788. The van der Waals surface area contributed by atoms with Gasteiger partial charge in [0.15, 0.2) is 6.10 Å². The third-order valence-corrected chi connectivity index (χ3v) is 11.5. The van der Waals surface area contributed by atoms with Crippen LogP contribution >= 0.6 is 0 Å². The van der Waals surface area contributed by atoms with E-state index in [9.17, 15) is 14.4 Å². The van der Waals surface area contributed by atoms with Crippen molar-refractivity contribution in [2.45, 2.75) is 277 Å². The van der Waals surface area contributed by atoms with Crippen LogP contribution in [0.1, 0.15) is 271 Å². The molecule has 0 spiro atoms. The Morgan fingerprint density at radius 1 is 0.323 bits per heavy atom. The number of hydrogen-bond acceptors (Lipinski definition) is 6. The summed E-state index contributed by atoms with van der Waals surface area (Å²) in [6.45, 7) is 6.58. The van der Waals surface area contributed by atoms with Gasteiger partial charge in [-0.3, -0.25) is 14.4 Å². The Kier molecular flexibility index (Phi) is 48.8. The number of carbonyl (C=O) groups excluding carboxylic acids is 3. The molecule has 1 atom stereocenters. The standard InChI is InChI=1S/C56H100O6/c1-4-7-10-13-16-19-22-25-27-28-29-32-34-37-40-43-46-49-55(58)61-52-53(51-60-54(57)48-45-42-39-36-33-30-24-21-18-15-12-9-6-3)62-56(59)50-47-44-41-38-35-31-26-23-20-17-14-11-8-5-2/h16,19,25,27,30-31,33,35,53H,4-15,17-18,20-24,26,28-29,32,34,36-52H2,1-3H3/b19-16-,27-25-,33-30-,35-31-. The molecule has 0 saturated carbocycles. The second kappa shape index (κ2) is 51.0. The molecule has 0 saturated heterocycles. The first-order chi connectivity index (χ1) is 30.5. The van der Waals surface area contributed by atoms with Crippen LogP contribution in [0.2, 0.25) is 0 Å². The molecule has 6 nitrogen and oxygen atoms in total. The largest absolute Gasteiger partial charge is 0.462 e. The highest BCUT2D eigenvalue weighted by Crippen LogP contribution is 2.14. The molecule has 0 radical (unpaired) electrons. The first-order valence-electron chi connectivity index (χ1n) is 26.6. The summed E-state index contributed by atoms with van der Waals surface area (Å²) >= 11 is 0. The van der Waals surface area contributed by atoms with E-state index in [1.807, 2.05) is 0 Å². The quantitative estimate of drug-likeness (QED) is 0.0262. The van der Waals surface area contributed by atoms with Gasteiger partial charge < -0.3 is 14.2 Å². The average molecular weight is 869 g/mol. The Bertz CT molecular complexity index is 1090. The number of hydrogen-bond donors (Lipinski definition) is 0. The van der Waals surface area contributed by atoms with E-state index in [1.165, 1.54) is 135 Å². The summed E-state index contributed by atoms with van der Waals surface area (Å²) in [7, 11) is 0. The summed E-state index contributed by atoms with van der Waals surface area (Å²) in [4.78, 5) is 38.0. The van der Waals surface area contributed by atoms with Gasteiger partial charge in [0.25, 0.3) is 0 Å². The monoisotopic (exact) mass is 869 g/mol. The molecule has 0 fully saturated rings. The molecular weight excluding hydrogens is 769 g/mol. The fourth-order valence-electron chi connectivity index (χ4n) is 7.46. The van der Waals surface area contributed by atoms with E-state index in [2.05, 4.69) is 69.4 Å². The van der Waals surface area contributed by atoms with Crippen molar-refractivity contribution in [2.75, 3.05) is 13.2 Å². The first-order valence-corrected chi connectivity index (χ1v) is 26.6. The van der Waals surface area contributed by atoms with Crippen molar-refractivity contribution in [2.24, 2.45) is 0 Å². The summed E-state index contributed by atoms with van der Waals surface area (Å²) in [5, 5.41) is 0. The van der Waals surface area contributed by atoms with Gasteiger partial charge >= 0.3 is 17.9 Å². The molecule has 360 valence electrons. The molecule has 0 rings (SSSR count). The van der Waals surface area contributed by atoms with Crippen molar-refractivity contribution in [1.29, 1.82) is 0 Å². The Hall–Kier alpha value is -2.63. The van der Waals surface area contributed by atoms with E-state index in [1.54, 1.807) is 0 Å². The summed E-state index contributed by atoms with van der Waals surface area (Å²) in [6, 6.07) is 0. The zero-order chi connectivity index (χ0) is 45.1. The maximum absolute atomic E-state index is 12.8. The smallest absolute Gasteiger partial charge is 0.306 e. The fourth-order valence-corrected chi connectivity index (χ4v) is 7.46. The lowest BCUT2D eigenvalue weighted by Gasteiger charge is -2.18. The molecular formula is C56H100O6. The first kappa shape index (κ1) is 59.4. The predicted molar refractivity (Wildman–Crippen MR) is 265 cm³/mol. The van der Waals surface area contributed by atoms with Gasteiger partial charge in [-0.1, -0.05) is 198 Å². The third kappa shape index (κ3) is 48.4. The SMILES string of the molecule is CCCCC/C=C\C/C=C\CCCCCCCCCC(=O)OCC(COC(=O)CCCCC/C=C\CCCCCCCC)OC(=O)CCCCC/C=C\CCCCCCCCC. The predicted octanol–water partition coefficient (Wildman–Crippen LogP) is 17.5. The van der Waals surface area contributed by atoms with Gasteiger partial charge in [-0.2, -0.15) is 0 Å². The number of allylic oxidation sites excluding steroid dienone is 8. The Morgan fingerprint density at radius 2 is 0.581 bits per heavy atom. The molecule has 0 aliphatic carbocycles. The summed E-state index contributed by atoms with van der Waals surface area (Å²) in [5.74, 6) is -0.920. The van der Waals surface area contributed by atoms with Crippen LogP contribution in [0.4, 0.5) is 0 Å². The van der Waals surface area contributed by atoms with Crippen LogP contribution in [0.3, 0.4) is 0 Å². The van der Waals surface area contributed by atoms with Crippen molar-refractivity contribution in [1.82, 2.24) is 0 Å². The average Bonchev–Trinajstić information content (AvgIpc) is 3.27. The number of ether oxygens (including phenoxy) is 3. The van der Waals surface area contributed by atoms with Gasteiger partial charge in [0.1, 0.15) is 13.2 Å². The minimum Gasteiger partial charge on any atom is -0.462 e. The van der Waals surface area contributed by atoms with Crippen LogP contribution in [-0.2, 0) is 28.6 Å². The van der Waals surface area contributed by atoms with E-state index in [0.29, 0.717) is 19.3 Å². The van der Waals surface area contributed by atoms with Crippen molar-refractivity contribution in [3.8, 4) is 0 Å². The molecule has 0 amide bonds. The van der Waals surface area contributed by atoms with Gasteiger partial charge in [-0.05, 0) is 103 Å². The molecule has 0 aromatic heterocycles. The molecule has 1 unspecified atom stereocenters. The van der Waals surface area contributed by atoms with E-state index >= 15 is 0 Å². The molecule has 62 heavy (non-hydrogen) atoms. The van der Waals surface area contributed by atoms with Crippen LogP contribution < -0.4 is 0 Å². The van der Waals surface area contributed by atoms with Gasteiger partial charge in [-0.15, -0.1) is 0 Å². The van der Waals surface area contributed by atoms with Crippen LogP contribution in [-0.4, -0.2) is 37.2 Å². The molecule has 0 N–H and O–H groups in total. The second-order valence-corrected chi connectivity index (χ2v) is 17.8. The van der Waals surface area contributed by atoms with Gasteiger partial charge in [0.2, 0.25) is 0 Å². The van der Waals surface area contributed by atoms with Gasteiger partial charge in [-0.25, -0.2) is 0 Å². The van der Waals surface area contributed by atoms with Gasteiger partial charge in [0.05, 0.1) is 0 Å². The highest BCUT2D eigenvalue weighted by molar-refractivity contribution is 5.71. The zero-order valence-electron chi connectivity index (χ0n) is 41.1. The van der Waals surface area contributed by atoms with Crippen molar-refractivity contribution < 1.29 is 28.6 Å². The topological polar surface area (TPSA) is 78.9 Å². The van der Waals surface area contributed by atoms with Crippen LogP contribution in [0.15, 0.2) is 48.6 Å². The molecule has 0 bridgehead atoms. The molecule has 0 aliphatic rings.